The van der Waals surface area contributed by atoms with E-state index < -0.39 is 0 Å². The molecule has 4 nitrogen and oxygen atoms in total. The molecule has 1 aromatic heterocycles. The Kier molecular flexibility index (Phi) is 4.96. The Morgan fingerprint density at radius 1 is 1.30 bits per heavy atom. The number of rotatable bonds is 5. The van der Waals surface area contributed by atoms with E-state index in [1.54, 1.807) is 18.3 Å². The Hall–Kier alpha value is -2.07. The molecule has 20 heavy (non-hydrogen) atoms. The number of ether oxygens (including phenoxy) is 1. The number of amides is 1. The molecule has 0 unspecified atom stereocenters. The molecule has 1 aromatic carbocycles. The number of aromatic nitrogens is 1. The molecule has 0 saturated heterocycles. The van der Waals surface area contributed by atoms with Gasteiger partial charge in [-0.1, -0.05) is 23.7 Å². The van der Waals surface area contributed by atoms with Crippen molar-refractivity contribution in [3.63, 3.8) is 0 Å². The second-order valence-electron chi connectivity index (χ2n) is 4.14. The maximum Gasteiger partial charge on any atom is 0.228 e. The average molecular weight is 291 g/mol. The molecule has 0 saturated carbocycles. The summed E-state index contributed by atoms with van der Waals surface area (Å²) in [4.78, 5) is 15.8. The standard InChI is InChI=1S/C15H15ClN2O2/c1-2-20-12-7-5-11(6-8-12)10-14(19)18-13-4-3-9-17-15(13)16/h3-9H,2,10H2,1H3,(H,18,19). The zero-order valence-corrected chi connectivity index (χ0v) is 11.9. The van der Waals surface area contributed by atoms with Gasteiger partial charge in [-0.05, 0) is 36.8 Å². The van der Waals surface area contributed by atoms with Crippen LogP contribution in [0.3, 0.4) is 0 Å². The van der Waals surface area contributed by atoms with Crippen molar-refractivity contribution in [3.8, 4) is 5.75 Å². The zero-order chi connectivity index (χ0) is 14.4. The molecule has 0 spiro atoms. The lowest BCUT2D eigenvalue weighted by Crippen LogP contribution is -2.14. The molecule has 5 heteroatoms. The highest BCUT2D eigenvalue weighted by atomic mass is 35.5. The van der Waals surface area contributed by atoms with Crippen LogP contribution in [0.2, 0.25) is 5.15 Å². The number of carbonyl (C=O) groups excluding carboxylic acids is 1. The van der Waals surface area contributed by atoms with Gasteiger partial charge in [0, 0.05) is 6.20 Å². The smallest absolute Gasteiger partial charge is 0.228 e. The molecule has 104 valence electrons. The molecule has 0 aliphatic heterocycles. The van der Waals surface area contributed by atoms with E-state index in [9.17, 15) is 4.79 Å². The number of hydrogen-bond acceptors (Lipinski definition) is 3. The molecule has 1 N–H and O–H groups in total. The van der Waals surface area contributed by atoms with Crippen LogP contribution in [-0.4, -0.2) is 17.5 Å². The average Bonchev–Trinajstić information content (AvgIpc) is 2.44. The van der Waals surface area contributed by atoms with E-state index in [1.165, 1.54) is 0 Å². The first-order valence-electron chi connectivity index (χ1n) is 6.31. The molecule has 0 bridgehead atoms. The maximum atomic E-state index is 11.9. The molecule has 0 atom stereocenters. The highest BCUT2D eigenvalue weighted by Crippen LogP contribution is 2.18. The van der Waals surface area contributed by atoms with Gasteiger partial charge in [0.15, 0.2) is 5.15 Å². The van der Waals surface area contributed by atoms with Crippen molar-refractivity contribution in [1.82, 2.24) is 4.98 Å². The predicted octanol–water partition coefficient (Wildman–Crippen LogP) is 3.31. The number of hydrogen-bond donors (Lipinski definition) is 1. The largest absolute Gasteiger partial charge is 0.494 e. The van der Waals surface area contributed by atoms with Crippen molar-refractivity contribution in [2.75, 3.05) is 11.9 Å². The number of benzene rings is 1. The highest BCUT2D eigenvalue weighted by molar-refractivity contribution is 6.32. The fourth-order valence-corrected chi connectivity index (χ4v) is 1.90. The van der Waals surface area contributed by atoms with Crippen LogP contribution in [0, 0.1) is 0 Å². The van der Waals surface area contributed by atoms with E-state index >= 15 is 0 Å². The van der Waals surface area contributed by atoms with Gasteiger partial charge in [-0.25, -0.2) is 4.98 Å². The first kappa shape index (κ1) is 14.3. The van der Waals surface area contributed by atoms with Gasteiger partial charge in [0.2, 0.25) is 5.91 Å². The fourth-order valence-electron chi connectivity index (χ4n) is 1.73. The monoisotopic (exact) mass is 290 g/mol. The minimum absolute atomic E-state index is 0.135. The van der Waals surface area contributed by atoms with Gasteiger partial charge in [-0.3, -0.25) is 4.79 Å². The number of nitrogens with zero attached hydrogens (tertiary/aromatic N) is 1. The molecule has 1 amide bonds. The molecule has 0 aliphatic rings. The summed E-state index contributed by atoms with van der Waals surface area (Å²) in [5.41, 5.74) is 1.43. The predicted molar refractivity (Wildman–Crippen MR) is 79.2 cm³/mol. The first-order valence-corrected chi connectivity index (χ1v) is 6.69. The summed E-state index contributed by atoms with van der Waals surface area (Å²) in [6, 6.07) is 10.9. The maximum absolute atomic E-state index is 11.9. The third kappa shape index (κ3) is 3.96. The van der Waals surface area contributed by atoms with Crippen molar-refractivity contribution >= 4 is 23.2 Å². The van der Waals surface area contributed by atoms with Crippen molar-refractivity contribution in [1.29, 1.82) is 0 Å². The zero-order valence-electron chi connectivity index (χ0n) is 11.1. The lowest BCUT2D eigenvalue weighted by molar-refractivity contribution is -0.115. The van der Waals surface area contributed by atoms with Crippen LogP contribution in [0.4, 0.5) is 5.69 Å². The van der Waals surface area contributed by atoms with E-state index in [4.69, 9.17) is 16.3 Å². The Labute approximate surface area is 122 Å². The molecule has 0 aliphatic carbocycles. The van der Waals surface area contributed by atoms with E-state index in [1.807, 2.05) is 31.2 Å². The third-order valence-electron chi connectivity index (χ3n) is 2.63. The van der Waals surface area contributed by atoms with Crippen molar-refractivity contribution in [2.45, 2.75) is 13.3 Å². The number of pyridine rings is 1. The van der Waals surface area contributed by atoms with Crippen LogP contribution >= 0.6 is 11.6 Å². The number of halogens is 1. The second kappa shape index (κ2) is 6.91. The summed E-state index contributed by atoms with van der Waals surface area (Å²) >= 11 is 5.88. The number of carbonyl (C=O) groups is 1. The van der Waals surface area contributed by atoms with Crippen LogP contribution in [0.1, 0.15) is 12.5 Å². The quantitative estimate of drug-likeness (QED) is 0.860. The Morgan fingerprint density at radius 2 is 2.05 bits per heavy atom. The van der Waals surface area contributed by atoms with Crippen LogP contribution in [0.15, 0.2) is 42.6 Å². The number of anilines is 1. The van der Waals surface area contributed by atoms with Gasteiger partial charge in [0.05, 0.1) is 18.7 Å². The van der Waals surface area contributed by atoms with Gasteiger partial charge in [-0.15, -0.1) is 0 Å². The van der Waals surface area contributed by atoms with Gasteiger partial charge in [0.1, 0.15) is 5.75 Å². The molecule has 2 aromatic rings. The third-order valence-corrected chi connectivity index (χ3v) is 2.93. The molecule has 2 rings (SSSR count). The van der Waals surface area contributed by atoms with Crippen LogP contribution in [0.5, 0.6) is 5.75 Å². The Balaban J connectivity index is 1.96. The molecule has 0 radical (unpaired) electrons. The summed E-state index contributed by atoms with van der Waals surface area (Å²) in [6.45, 7) is 2.55. The minimum Gasteiger partial charge on any atom is -0.494 e. The second-order valence-corrected chi connectivity index (χ2v) is 4.50. The molecular weight excluding hydrogens is 276 g/mol. The molecular formula is C15H15ClN2O2. The van der Waals surface area contributed by atoms with Gasteiger partial charge in [-0.2, -0.15) is 0 Å². The van der Waals surface area contributed by atoms with E-state index in [0.717, 1.165) is 11.3 Å². The van der Waals surface area contributed by atoms with E-state index in [0.29, 0.717) is 12.3 Å². The van der Waals surface area contributed by atoms with Crippen LogP contribution in [0.25, 0.3) is 0 Å². The highest BCUT2D eigenvalue weighted by Gasteiger charge is 2.07. The van der Waals surface area contributed by atoms with Crippen LogP contribution in [-0.2, 0) is 11.2 Å². The Morgan fingerprint density at radius 3 is 2.70 bits per heavy atom. The SMILES string of the molecule is CCOc1ccc(CC(=O)Nc2cccnc2Cl)cc1. The summed E-state index contributed by atoms with van der Waals surface area (Å²) in [5.74, 6) is 0.663. The molecule has 1 heterocycles. The summed E-state index contributed by atoms with van der Waals surface area (Å²) in [6.07, 6.45) is 1.85. The minimum atomic E-state index is -0.135. The van der Waals surface area contributed by atoms with Gasteiger partial charge < -0.3 is 10.1 Å². The van der Waals surface area contributed by atoms with Gasteiger partial charge in [0.25, 0.3) is 0 Å². The lowest BCUT2D eigenvalue weighted by Gasteiger charge is -2.07. The van der Waals surface area contributed by atoms with Crippen molar-refractivity contribution in [3.05, 3.63) is 53.3 Å². The Bertz CT molecular complexity index is 585. The van der Waals surface area contributed by atoms with E-state index in [2.05, 4.69) is 10.3 Å². The van der Waals surface area contributed by atoms with E-state index in [-0.39, 0.29) is 17.5 Å². The van der Waals surface area contributed by atoms with Crippen molar-refractivity contribution in [2.24, 2.45) is 0 Å². The van der Waals surface area contributed by atoms with Crippen molar-refractivity contribution < 1.29 is 9.53 Å². The summed E-state index contributed by atoms with van der Waals surface area (Å²) < 4.78 is 5.35. The van der Waals surface area contributed by atoms with Gasteiger partial charge >= 0.3 is 0 Å². The first-order chi connectivity index (χ1) is 9.69. The normalized spacial score (nSPS) is 10.1. The van der Waals surface area contributed by atoms with Crippen LogP contribution < -0.4 is 10.1 Å². The lowest BCUT2D eigenvalue weighted by atomic mass is 10.1. The topological polar surface area (TPSA) is 51.2 Å². The summed E-state index contributed by atoms with van der Waals surface area (Å²) in [7, 11) is 0. The number of nitrogens with one attached hydrogen (secondary N) is 1. The molecule has 0 fully saturated rings. The fraction of sp³-hybridized carbons (Fsp3) is 0.200. The summed E-state index contributed by atoms with van der Waals surface area (Å²) in [5, 5.41) is 3.02.